The summed E-state index contributed by atoms with van der Waals surface area (Å²) in [4.78, 5) is 36.0. The quantitative estimate of drug-likeness (QED) is 0.339. The number of hydrogen-bond donors (Lipinski definition) is 2. The highest BCUT2D eigenvalue weighted by atomic mass is 35.5. The van der Waals surface area contributed by atoms with Gasteiger partial charge in [0, 0.05) is 6.54 Å². The van der Waals surface area contributed by atoms with Crippen molar-refractivity contribution >= 4 is 39.3 Å². The molecule has 190 valence electrons. The van der Waals surface area contributed by atoms with Crippen molar-refractivity contribution in [3.05, 3.63) is 48.5 Å². The number of amides is 3. The van der Waals surface area contributed by atoms with E-state index < -0.39 is 46.2 Å². The molecule has 3 N–H and O–H groups in total. The molecule has 0 bridgehead atoms. The zero-order valence-electron chi connectivity index (χ0n) is 19.7. The van der Waals surface area contributed by atoms with Crippen LogP contribution in [0.15, 0.2) is 53.4 Å². The molecule has 3 amide bonds. The molecule has 35 heavy (non-hydrogen) atoms. The molecule has 2 rings (SSSR count). The summed E-state index contributed by atoms with van der Waals surface area (Å²) in [7, 11) is -2.50. The Kier molecular flexibility index (Phi) is 10.1. The second-order valence-corrected chi connectivity index (χ2v) is 9.76. The lowest BCUT2D eigenvalue weighted by Gasteiger charge is -2.29. The minimum absolute atomic E-state index is 0.00804. The Balaban J connectivity index is 2.28. The number of ether oxygens (including phenoxy) is 1. The van der Waals surface area contributed by atoms with E-state index in [0.29, 0.717) is 17.2 Å². The molecule has 0 radical (unpaired) electrons. The molecular weight excluding hydrogens is 496 g/mol. The van der Waals surface area contributed by atoms with E-state index in [1.165, 1.54) is 19.1 Å². The normalized spacial score (nSPS) is 12.1. The van der Waals surface area contributed by atoms with E-state index in [-0.39, 0.29) is 11.4 Å². The number of sulfonamides is 1. The summed E-state index contributed by atoms with van der Waals surface area (Å²) in [5.74, 6) is -2.23. The fourth-order valence-corrected chi connectivity index (χ4v) is 5.09. The maximum Gasteiger partial charge on any atom is 0.256 e. The topological polar surface area (TPSA) is 139 Å². The van der Waals surface area contributed by atoms with Crippen LogP contribution in [0, 0.1) is 0 Å². The van der Waals surface area contributed by atoms with Gasteiger partial charge in [0.25, 0.3) is 11.8 Å². The van der Waals surface area contributed by atoms with Crippen LogP contribution in [0.1, 0.15) is 20.3 Å². The molecule has 0 spiro atoms. The Morgan fingerprint density at radius 2 is 1.60 bits per heavy atom. The van der Waals surface area contributed by atoms with Gasteiger partial charge in [-0.2, -0.15) is 4.31 Å². The third-order valence-corrected chi connectivity index (χ3v) is 7.33. The van der Waals surface area contributed by atoms with Crippen molar-refractivity contribution in [1.29, 1.82) is 0 Å². The van der Waals surface area contributed by atoms with Crippen LogP contribution in [0.25, 0.3) is 11.1 Å². The number of hydrogen-bond acceptors (Lipinski definition) is 6. The number of nitrogens with one attached hydrogen (secondary N) is 1. The molecule has 0 aliphatic rings. The van der Waals surface area contributed by atoms with Crippen molar-refractivity contribution in [2.45, 2.75) is 31.2 Å². The standard InChI is InChI=1S/C23H29ClN4O6S/c1-4-13-28(16(2)23(31)26-27(15-21(25)29)22(30)14-24)35(32,33)20-11-7-18(8-12-20)17-5-9-19(34-3)10-6-17/h5-12,16H,4,13-15H2,1-3H3,(H2,25,29)(H,26,31)/t16-/m0/s1. The second-order valence-electron chi connectivity index (χ2n) is 7.60. The van der Waals surface area contributed by atoms with Gasteiger partial charge in [-0.15, -0.1) is 11.6 Å². The molecule has 0 saturated heterocycles. The van der Waals surface area contributed by atoms with Crippen LogP contribution in [0.5, 0.6) is 5.75 Å². The molecule has 0 aliphatic heterocycles. The maximum atomic E-state index is 13.4. The SMILES string of the molecule is CCCN([C@@H](C)C(=O)NN(CC(N)=O)C(=O)CCl)S(=O)(=O)c1ccc(-c2ccc(OC)cc2)cc1. The highest BCUT2D eigenvalue weighted by Crippen LogP contribution is 2.26. The Morgan fingerprint density at radius 3 is 2.06 bits per heavy atom. The van der Waals surface area contributed by atoms with E-state index >= 15 is 0 Å². The number of hydrazine groups is 1. The summed E-state index contributed by atoms with van der Waals surface area (Å²) in [5.41, 5.74) is 9.05. The first kappa shape index (κ1) is 28.1. The molecule has 0 aromatic heterocycles. The minimum atomic E-state index is -4.07. The first-order chi connectivity index (χ1) is 16.5. The zero-order chi connectivity index (χ0) is 26.2. The van der Waals surface area contributed by atoms with Crippen LogP contribution < -0.4 is 15.9 Å². The Hall–Kier alpha value is -3.15. The lowest BCUT2D eigenvalue weighted by molar-refractivity contribution is -0.143. The van der Waals surface area contributed by atoms with E-state index in [2.05, 4.69) is 5.43 Å². The molecule has 1 atom stereocenters. The van der Waals surface area contributed by atoms with Crippen molar-refractivity contribution in [3.8, 4) is 16.9 Å². The van der Waals surface area contributed by atoms with Gasteiger partial charge in [-0.1, -0.05) is 31.2 Å². The number of benzene rings is 2. The first-order valence-electron chi connectivity index (χ1n) is 10.8. The fraction of sp³-hybridized carbons (Fsp3) is 0.348. The van der Waals surface area contributed by atoms with Gasteiger partial charge in [-0.05, 0) is 48.7 Å². The number of alkyl halides is 1. The second kappa shape index (κ2) is 12.5. The number of primary amides is 1. The van der Waals surface area contributed by atoms with E-state index in [9.17, 15) is 22.8 Å². The zero-order valence-corrected chi connectivity index (χ0v) is 21.3. The largest absolute Gasteiger partial charge is 0.497 e. The van der Waals surface area contributed by atoms with Crippen molar-refractivity contribution in [1.82, 2.24) is 14.7 Å². The van der Waals surface area contributed by atoms with Crippen LogP contribution >= 0.6 is 11.6 Å². The molecule has 0 aliphatic carbocycles. The van der Waals surface area contributed by atoms with Crippen molar-refractivity contribution in [2.24, 2.45) is 5.73 Å². The predicted octanol–water partition coefficient (Wildman–Crippen LogP) is 1.74. The Bertz CT molecular complexity index is 1140. The minimum Gasteiger partial charge on any atom is -0.497 e. The summed E-state index contributed by atoms with van der Waals surface area (Å²) in [5, 5.41) is 0.675. The molecule has 0 unspecified atom stereocenters. The molecule has 10 nitrogen and oxygen atoms in total. The van der Waals surface area contributed by atoms with E-state index in [1.807, 2.05) is 12.1 Å². The molecule has 12 heteroatoms. The number of nitrogens with two attached hydrogens (primary N) is 1. The van der Waals surface area contributed by atoms with Gasteiger partial charge in [-0.25, -0.2) is 13.4 Å². The van der Waals surface area contributed by atoms with Gasteiger partial charge in [0.1, 0.15) is 24.2 Å². The fourth-order valence-electron chi connectivity index (χ4n) is 3.26. The van der Waals surface area contributed by atoms with Crippen LogP contribution in [0.2, 0.25) is 0 Å². The Labute approximate surface area is 210 Å². The summed E-state index contributed by atoms with van der Waals surface area (Å²) < 4.78 is 33.0. The van der Waals surface area contributed by atoms with Crippen molar-refractivity contribution < 1.29 is 27.5 Å². The van der Waals surface area contributed by atoms with E-state index in [4.69, 9.17) is 22.1 Å². The highest BCUT2D eigenvalue weighted by molar-refractivity contribution is 7.89. The van der Waals surface area contributed by atoms with Crippen LogP contribution in [-0.2, 0) is 24.4 Å². The third-order valence-electron chi connectivity index (χ3n) is 5.11. The molecule has 0 fully saturated rings. The number of halogens is 1. The van der Waals surface area contributed by atoms with Gasteiger partial charge < -0.3 is 10.5 Å². The van der Waals surface area contributed by atoms with Crippen LogP contribution in [-0.4, -0.2) is 67.6 Å². The third kappa shape index (κ3) is 7.17. The van der Waals surface area contributed by atoms with Crippen LogP contribution in [0.3, 0.4) is 0 Å². The number of nitrogens with zero attached hydrogens (tertiary/aromatic N) is 2. The average Bonchev–Trinajstić information content (AvgIpc) is 2.85. The van der Waals surface area contributed by atoms with Gasteiger partial charge in [0.15, 0.2) is 0 Å². The van der Waals surface area contributed by atoms with Crippen molar-refractivity contribution in [2.75, 3.05) is 26.1 Å². The molecular formula is C23H29ClN4O6S. The van der Waals surface area contributed by atoms with Gasteiger partial charge >= 0.3 is 0 Å². The van der Waals surface area contributed by atoms with Gasteiger partial charge in [0.2, 0.25) is 15.9 Å². The summed E-state index contributed by atoms with van der Waals surface area (Å²) >= 11 is 5.52. The first-order valence-corrected chi connectivity index (χ1v) is 12.7. The van der Waals surface area contributed by atoms with E-state index in [0.717, 1.165) is 15.4 Å². The monoisotopic (exact) mass is 524 g/mol. The molecule has 0 saturated carbocycles. The number of carbonyl (C=O) groups is 3. The number of rotatable bonds is 11. The lowest BCUT2D eigenvalue weighted by Crippen LogP contribution is -2.56. The lowest BCUT2D eigenvalue weighted by atomic mass is 10.1. The number of methoxy groups -OCH3 is 1. The molecule has 2 aromatic carbocycles. The number of carbonyl (C=O) groups excluding carboxylic acids is 3. The smallest absolute Gasteiger partial charge is 0.256 e. The maximum absolute atomic E-state index is 13.4. The van der Waals surface area contributed by atoms with Gasteiger partial charge in [0.05, 0.1) is 12.0 Å². The predicted molar refractivity (Wildman–Crippen MR) is 132 cm³/mol. The average molecular weight is 525 g/mol. The van der Waals surface area contributed by atoms with Crippen molar-refractivity contribution in [3.63, 3.8) is 0 Å². The van der Waals surface area contributed by atoms with Gasteiger partial charge in [-0.3, -0.25) is 19.8 Å². The van der Waals surface area contributed by atoms with Crippen LogP contribution in [0.4, 0.5) is 0 Å². The molecule has 0 heterocycles. The summed E-state index contributed by atoms with van der Waals surface area (Å²) in [6.45, 7) is 2.62. The Morgan fingerprint density at radius 1 is 1.06 bits per heavy atom. The summed E-state index contributed by atoms with van der Waals surface area (Å²) in [6, 6.07) is 12.4. The molecule has 2 aromatic rings. The highest BCUT2D eigenvalue weighted by Gasteiger charge is 2.33. The summed E-state index contributed by atoms with van der Waals surface area (Å²) in [6.07, 6.45) is 0.437. The van der Waals surface area contributed by atoms with E-state index in [1.54, 1.807) is 38.3 Å².